The zero-order valence-corrected chi connectivity index (χ0v) is 10.00. The Kier molecular flexibility index (Phi) is 3.33. The van der Waals surface area contributed by atoms with Gasteiger partial charge in [-0.1, -0.05) is 11.8 Å². The van der Waals surface area contributed by atoms with Gasteiger partial charge in [-0.15, -0.1) is 0 Å². The van der Waals surface area contributed by atoms with Gasteiger partial charge in [0.1, 0.15) is 5.82 Å². The Bertz CT molecular complexity index is 568. The van der Waals surface area contributed by atoms with Crippen molar-refractivity contribution in [3.05, 3.63) is 24.0 Å². The summed E-state index contributed by atoms with van der Waals surface area (Å²) in [4.78, 5) is 14.7. The molecule has 0 fully saturated rings. The minimum absolute atomic E-state index is 0.0855. The summed E-state index contributed by atoms with van der Waals surface area (Å²) in [5.41, 5.74) is 1.43. The lowest BCUT2D eigenvalue weighted by Gasteiger charge is -2.00. The summed E-state index contributed by atoms with van der Waals surface area (Å²) >= 11 is 1.36. The van der Waals surface area contributed by atoms with E-state index >= 15 is 0 Å². The second-order valence-electron chi connectivity index (χ2n) is 3.58. The van der Waals surface area contributed by atoms with E-state index in [0.717, 1.165) is 5.52 Å². The molecule has 0 atom stereocenters. The van der Waals surface area contributed by atoms with Gasteiger partial charge in [-0.2, -0.15) is 0 Å². The number of aliphatic carboxylic acids is 1. The van der Waals surface area contributed by atoms with Crippen molar-refractivity contribution in [2.24, 2.45) is 7.05 Å². The van der Waals surface area contributed by atoms with Crippen LogP contribution in [-0.2, 0) is 11.8 Å². The molecule has 0 bridgehead atoms. The molecule has 0 spiro atoms. The summed E-state index contributed by atoms with van der Waals surface area (Å²) < 4.78 is 14.8. The lowest BCUT2D eigenvalue weighted by atomic mass is 10.3. The molecule has 17 heavy (non-hydrogen) atoms. The van der Waals surface area contributed by atoms with Crippen LogP contribution in [-0.4, -0.2) is 26.4 Å². The second kappa shape index (κ2) is 4.75. The number of aromatic nitrogens is 2. The highest BCUT2D eigenvalue weighted by atomic mass is 32.2. The molecule has 0 aliphatic carbocycles. The fourth-order valence-electron chi connectivity index (χ4n) is 1.51. The molecular weight excluding hydrogens is 243 g/mol. The zero-order chi connectivity index (χ0) is 12.4. The maximum atomic E-state index is 13.0. The molecular formula is C11H11FN2O2S. The Labute approximate surface area is 101 Å². The van der Waals surface area contributed by atoms with E-state index in [2.05, 4.69) is 4.98 Å². The number of hydrogen-bond donors (Lipinski definition) is 1. The summed E-state index contributed by atoms with van der Waals surface area (Å²) in [5, 5.41) is 9.25. The first kappa shape index (κ1) is 11.9. The molecule has 6 heteroatoms. The monoisotopic (exact) mass is 254 g/mol. The number of hydrogen-bond acceptors (Lipinski definition) is 3. The van der Waals surface area contributed by atoms with E-state index in [0.29, 0.717) is 16.4 Å². The van der Waals surface area contributed by atoms with Crippen LogP contribution in [0.5, 0.6) is 0 Å². The number of benzene rings is 1. The Hall–Kier alpha value is -1.56. The second-order valence-corrected chi connectivity index (χ2v) is 4.64. The number of fused-ring (bicyclic) bond motifs is 1. The van der Waals surface area contributed by atoms with Crippen molar-refractivity contribution >= 4 is 28.8 Å². The van der Waals surface area contributed by atoms with Gasteiger partial charge in [-0.25, -0.2) is 9.37 Å². The first-order valence-corrected chi connectivity index (χ1v) is 6.03. The Morgan fingerprint density at radius 2 is 2.35 bits per heavy atom. The predicted octanol–water partition coefficient (Wildman–Crippen LogP) is 2.28. The molecule has 1 aromatic heterocycles. The number of carboxylic acids is 1. The number of nitrogens with zero attached hydrogens (tertiary/aromatic N) is 2. The van der Waals surface area contributed by atoms with E-state index in [1.165, 1.54) is 23.9 Å². The van der Waals surface area contributed by atoms with Crippen LogP contribution in [0.25, 0.3) is 11.0 Å². The summed E-state index contributed by atoms with van der Waals surface area (Å²) in [6, 6.07) is 4.42. The van der Waals surface area contributed by atoms with Gasteiger partial charge in [-0.3, -0.25) is 4.79 Å². The highest BCUT2D eigenvalue weighted by Gasteiger charge is 2.09. The summed E-state index contributed by atoms with van der Waals surface area (Å²) in [7, 11) is 1.83. The zero-order valence-electron chi connectivity index (χ0n) is 9.18. The van der Waals surface area contributed by atoms with E-state index in [1.54, 1.807) is 6.07 Å². The van der Waals surface area contributed by atoms with Gasteiger partial charge < -0.3 is 9.67 Å². The summed E-state index contributed by atoms with van der Waals surface area (Å²) in [6.45, 7) is 0. The molecule has 0 radical (unpaired) electrons. The first-order chi connectivity index (χ1) is 8.08. The third-order valence-corrected chi connectivity index (χ3v) is 3.38. The molecule has 0 unspecified atom stereocenters. The van der Waals surface area contributed by atoms with Crippen molar-refractivity contribution in [2.45, 2.75) is 11.6 Å². The first-order valence-electron chi connectivity index (χ1n) is 5.04. The van der Waals surface area contributed by atoms with Crippen molar-refractivity contribution in [1.82, 2.24) is 9.55 Å². The molecule has 0 saturated heterocycles. The van der Waals surface area contributed by atoms with Crippen molar-refractivity contribution in [1.29, 1.82) is 0 Å². The van der Waals surface area contributed by atoms with Gasteiger partial charge in [0.05, 0.1) is 17.5 Å². The number of aryl methyl sites for hydroxylation is 1. The van der Waals surface area contributed by atoms with Gasteiger partial charge in [-0.05, 0) is 12.1 Å². The van der Waals surface area contributed by atoms with Crippen molar-refractivity contribution in [2.75, 3.05) is 5.75 Å². The molecule has 0 amide bonds. The number of carbonyl (C=O) groups is 1. The normalized spacial score (nSPS) is 10.9. The maximum absolute atomic E-state index is 13.0. The third kappa shape index (κ3) is 2.58. The predicted molar refractivity (Wildman–Crippen MR) is 63.6 cm³/mol. The topological polar surface area (TPSA) is 55.1 Å². The average Bonchev–Trinajstić information content (AvgIpc) is 2.55. The van der Waals surface area contributed by atoms with Crippen LogP contribution in [0.1, 0.15) is 6.42 Å². The summed E-state index contributed by atoms with van der Waals surface area (Å²) in [6.07, 6.45) is 0.0855. The molecule has 4 nitrogen and oxygen atoms in total. The largest absolute Gasteiger partial charge is 0.481 e. The van der Waals surface area contributed by atoms with Crippen LogP contribution >= 0.6 is 11.8 Å². The van der Waals surface area contributed by atoms with E-state index < -0.39 is 5.97 Å². The van der Waals surface area contributed by atoms with Crippen molar-refractivity contribution in [3.63, 3.8) is 0 Å². The van der Waals surface area contributed by atoms with Crippen LogP contribution in [0.3, 0.4) is 0 Å². The Balaban J connectivity index is 2.23. The van der Waals surface area contributed by atoms with Crippen LogP contribution in [0, 0.1) is 5.82 Å². The van der Waals surface area contributed by atoms with Gasteiger partial charge in [0.15, 0.2) is 5.16 Å². The quantitative estimate of drug-likeness (QED) is 0.850. The molecule has 0 aliphatic rings. The minimum Gasteiger partial charge on any atom is -0.481 e. The lowest BCUT2D eigenvalue weighted by Crippen LogP contribution is -1.97. The van der Waals surface area contributed by atoms with Crippen LogP contribution in [0.15, 0.2) is 23.4 Å². The number of imidazole rings is 1. The molecule has 2 aromatic rings. The SMILES string of the molecule is Cn1c(SCCC(=O)O)nc2cc(F)ccc21. The number of halogens is 1. The van der Waals surface area contributed by atoms with Gasteiger partial charge in [0, 0.05) is 18.9 Å². The van der Waals surface area contributed by atoms with Gasteiger partial charge in [0.2, 0.25) is 0 Å². The Morgan fingerprint density at radius 1 is 1.59 bits per heavy atom. The van der Waals surface area contributed by atoms with E-state index in [4.69, 9.17) is 5.11 Å². The molecule has 1 aromatic carbocycles. The molecule has 1 heterocycles. The molecule has 90 valence electrons. The van der Waals surface area contributed by atoms with Crippen LogP contribution < -0.4 is 0 Å². The average molecular weight is 254 g/mol. The maximum Gasteiger partial charge on any atom is 0.304 e. The number of carboxylic acid groups (broad SMARTS) is 1. The smallest absolute Gasteiger partial charge is 0.304 e. The van der Waals surface area contributed by atoms with Crippen LogP contribution in [0.4, 0.5) is 4.39 Å². The van der Waals surface area contributed by atoms with Crippen molar-refractivity contribution < 1.29 is 14.3 Å². The number of rotatable bonds is 4. The van der Waals surface area contributed by atoms with Gasteiger partial charge in [0.25, 0.3) is 0 Å². The molecule has 0 saturated carbocycles. The number of thioether (sulfide) groups is 1. The fourth-order valence-corrected chi connectivity index (χ4v) is 2.42. The fraction of sp³-hybridized carbons (Fsp3) is 0.273. The lowest BCUT2D eigenvalue weighted by molar-refractivity contribution is -0.136. The summed E-state index contributed by atoms with van der Waals surface area (Å²) in [5.74, 6) is -0.699. The van der Waals surface area contributed by atoms with E-state index in [9.17, 15) is 9.18 Å². The third-order valence-electron chi connectivity index (χ3n) is 2.35. The molecule has 2 rings (SSSR count). The molecule has 0 aliphatic heterocycles. The van der Waals surface area contributed by atoms with E-state index in [1.807, 2.05) is 11.6 Å². The Morgan fingerprint density at radius 3 is 3.06 bits per heavy atom. The standard InChI is InChI=1S/C11H11FN2O2S/c1-14-9-3-2-7(12)6-8(9)13-11(14)17-5-4-10(15)16/h2-3,6H,4-5H2,1H3,(H,15,16). The van der Waals surface area contributed by atoms with Crippen LogP contribution in [0.2, 0.25) is 0 Å². The minimum atomic E-state index is -0.831. The van der Waals surface area contributed by atoms with Crippen molar-refractivity contribution in [3.8, 4) is 0 Å². The molecule has 1 N–H and O–H groups in total. The highest BCUT2D eigenvalue weighted by Crippen LogP contribution is 2.23. The van der Waals surface area contributed by atoms with E-state index in [-0.39, 0.29) is 12.2 Å². The highest BCUT2D eigenvalue weighted by molar-refractivity contribution is 7.99. The van der Waals surface area contributed by atoms with Gasteiger partial charge >= 0.3 is 5.97 Å².